The monoisotopic (exact) mass is 826 g/mol. The van der Waals surface area contributed by atoms with E-state index in [-0.39, 0.29) is 84.5 Å². The van der Waals surface area contributed by atoms with Gasteiger partial charge in [-0.05, 0) is 59.7 Å². The summed E-state index contributed by atoms with van der Waals surface area (Å²) in [6.07, 6.45) is 2.36. The van der Waals surface area contributed by atoms with Gasteiger partial charge in [-0.25, -0.2) is 16.8 Å². The molecule has 0 bridgehead atoms. The third kappa shape index (κ3) is 11.4. The summed E-state index contributed by atoms with van der Waals surface area (Å²) in [6, 6.07) is 25.5. The molecule has 0 saturated heterocycles. The van der Waals surface area contributed by atoms with E-state index in [0.717, 1.165) is 12.1 Å². The summed E-state index contributed by atoms with van der Waals surface area (Å²) in [5.74, 6) is 0.328. The summed E-state index contributed by atoms with van der Waals surface area (Å²) in [6.45, 7) is -0.168. The van der Waals surface area contributed by atoms with Gasteiger partial charge >= 0.3 is 0 Å². The minimum atomic E-state index is -5.11. The van der Waals surface area contributed by atoms with Crippen LogP contribution in [0.1, 0.15) is 11.1 Å². The van der Waals surface area contributed by atoms with E-state index in [2.05, 4.69) is 61.8 Å². The lowest BCUT2D eigenvalue weighted by Gasteiger charge is -2.16. The van der Waals surface area contributed by atoms with E-state index in [4.69, 9.17) is 0 Å². The molecule has 0 aliphatic carbocycles. The van der Waals surface area contributed by atoms with Crippen LogP contribution in [0.15, 0.2) is 107 Å². The number of aliphatic hydroxyl groups is 2. The van der Waals surface area contributed by atoms with Crippen molar-refractivity contribution in [1.29, 1.82) is 0 Å². The molecule has 2 aromatic heterocycles. The molecular weight excluding hydrogens is 793 g/mol. The zero-order chi connectivity index (χ0) is 41.1. The molecule has 0 saturated carbocycles. The highest BCUT2D eigenvalue weighted by Gasteiger charge is 2.15. The molecule has 4 aromatic carbocycles. The lowest BCUT2D eigenvalue weighted by Crippen LogP contribution is -2.12. The highest BCUT2D eigenvalue weighted by molar-refractivity contribution is 7.86. The van der Waals surface area contributed by atoms with Gasteiger partial charge in [-0.3, -0.25) is 0 Å². The smallest absolute Gasteiger partial charge is 0.233 e. The largest absolute Gasteiger partial charge is 0.744 e. The second-order valence-corrected chi connectivity index (χ2v) is 14.6. The molecule has 6 aromatic rings. The van der Waals surface area contributed by atoms with Crippen LogP contribution in [-0.2, 0) is 20.2 Å². The molecule has 0 unspecified atom stereocenters. The average Bonchev–Trinajstić information content (AvgIpc) is 3.19. The van der Waals surface area contributed by atoms with Crippen molar-refractivity contribution in [3.63, 3.8) is 0 Å². The van der Waals surface area contributed by atoms with Crippen LogP contribution in [-0.4, -0.2) is 92.4 Å². The van der Waals surface area contributed by atoms with Gasteiger partial charge in [0, 0.05) is 35.8 Å². The zero-order valence-electron chi connectivity index (χ0n) is 30.1. The number of aromatic nitrogens is 6. The van der Waals surface area contributed by atoms with Gasteiger partial charge in [-0.1, -0.05) is 60.7 Å². The molecule has 6 rings (SSSR count). The molecule has 8 N–H and O–H groups in total. The van der Waals surface area contributed by atoms with E-state index in [0.29, 0.717) is 11.4 Å². The Kier molecular flexibility index (Phi) is 13.0. The summed E-state index contributed by atoms with van der Waals surface area (Å²) in [7, 11) is -10.2. The SMILES string of the molecule is O=S(=O)([O-])c1cc(Nc2nc(NCCO)nc(Nc3ccccc3)n2)ccc1/C=C/c1ccc(Nc2nc(NCCO)nc(Nc3ccccc3)n2)cc1S(=O)(=O)[O-]. The Morgan fingerprint density at radius 2 is 0.793 bits per heavy atom. The number of rotatable bonds is 18. The van der Waals surface area contributed by atoms with Crippen molar-refractivity contribution in [3.8, 4) is 0 Å². The second-order valence-electron chi connectivity index (χ2n) is 11.9. The van der Waals surface area contributed by atoms with Crippen LogP contribution < -0.4 is 31.9 Å². The Balaban J connectivity index is 1.27. The summed E-state index contributed by atoms with van der Waals surface area (Å²) in [5.41, 5.74) is 1.30. The minimum Gasteiger partial charge on any atom is -0.744 e. The number of nitrogens with one attached hydrogen (secondary N) is 6. The van der Waals surface area contributed by atoms with Crippen molar-refractivity contribution in [3.05, 3.63) is 108 Å². The predicted molar refractivity (Wildman–Crippen MR) is 215 cm³/mol. The van der Waals surface area contributed by atoms with Crippen LogP contribution in [0.2, 0.25) is 0 Å². The lowest BCUT2D eigenvalue weighted by molar-refractivity contribution is 0.310. The van der Waals surface area contributed by atoms with E-state index < -0.39 is 30.0 Å². The van der Waals surface area contributed by atoms with E-state index in [1.165, 1.54) is 36.4 Å². The van der Waals surface area contributed by atoms with Gasteiger partial charge in [0.25, 0.3) is 0 Å². The zero-order valence-corrected chi connectivity index (χ0v) is 31.7. The van der Waals surface area contributed by atoms with Crippen molar-refractivity contribution in [1.82, 2.24) is 29.9 Å². The molecule has 0 atom stereocenters. The third-order valence-electron chi connectivity index (χ3n) is 7.64. The minimum absolute atomic E-state index is 0.0381. The maximum atomic E-state index is 12.5. The molecule has 22 heteroatoms. The van der Waals surface area contributed by atoms with Crippen molar-refractivity contribution in [2.45, 2.75) is 9.79 Å². The third-order valence-corrected chi connectivity index (χ3v) is 9.43. The molecule has 300 valence electrons. The van der Waals surface area contributed by atoms with Crippen LogP contribution >= 0.6 is 0 Å². The number of anilines is 10. The maximum Gasteiger partial charge on any atom is 0.233 e. The Labute approximate surface area is 332 Å². The van der Waals surface area contributed by atoms with Crippen LogP contribution in [0.3, 0.4) is 0 Å². The number of nitrogens with zero attached hydrogens (tertiary/aromatic N) is 6. The Morgan fingerprint density at radius 3 is 1.12 bits per heavy atom. The van der Waals surface area contributed by atoms with Gasteiger partial charge in [0.15, 0.2) is 0 Å². The number of para-hydroxylation sites is 2. The number of benzene rings is 4. The molecular formula is C36H34N12O8S2-2. The topological polar surface area (TPSA) is 304 Å². The van der Waals surface area contributed by atoms with Crippen molar-refractivity contribution in [2.24, 2.45) is 0 Å². The molecule has 0 aliphatic rings. The molecule has 2 heterocycles. The highest BCUT2D eigenvalue weighted by atomic mass is 32.2. The van der Waals surface area contributed by atoms with Crippen molar-refractivity contribution in [2.75, 3.05) is 58.2 Å². The number of aliphatic hydroxyl groups excluding tert-OH is 2. The molecule has 20 nitrogen and oxygen atoms in total. The van der Waals surface area contributed by atoms with E-state index in [9.17, 15) is 36.2 Å². The predicted octanol–water partition coefficient (Wildman–Crippen LogP) is 3.82. The van der Waals surface area contributed by atoms with Crippen LogP contribution in [0.4, 0.5) is 58.4 Å². The molecule has 58 heavy (non-hydrogen) atoms. The first-order valence-corrected chi connectivity index (χ1v) is 20.0. The van der Waals surface area contributed by atoms with Crippen molar-refractivity contribution >= 4 is 90.8 Å². The Bertz CT molecular complexity index is 2440. The van der Waals surface area contributed by atoms with Crippen LogP contribution in [0.25, 0.3) is 12.2 Å². The van der Waals surface area contributed by atoms with Crippen molar-refractivity contribution < 1.29 is 36.2 Å². The Morgan fingerprint density at radius 1 is 0.466 bits per heavy atom. The molecule has 0 spiro atoms. The standard InChI is InChI=1S/C36H36N12O8S2/c49-19-17-37-31-43-33(39-25-7-3-1-4-8-25)47-35(45-31)41-27-15-13-23(29(21-27)57(51,52)53)11-12-24-14-16-28(22-30(24)58(54,55)56)42-36-46-32(38-18-20-50)44-34(48-36)40-26-9-5-2-6-10-26/h1-16,21-22,49-50H,17-20H2,(H,51,52,53)(H,54,55,56)(H3,37,39,41,43,45,47)(H3,38,40,42,44,46,48)/p-2/b12-11+. The summed E-state index contributed by atoms with van der Waals surface area (Å²) < 4.78 is 74.8. The van der Waals surface area contributed by atoms with Crippen LogP contribution in [0, 0.1) is 0 Å². The average molecular weight is 827 g/mol. The van der Waals surface area contributed by atoms with E-state index >= 15 is 0 Å². The van der Waals surface area contributed by atoms with Gasteiger partial charge in [-0.15, -0.1) is 0 Å². The first-order chi connectivity index (χ1) is 27.9. The molecule has 0 fully saturated rings. The van der Waals surface area contributed by atoms with Crippen LogP contribution in [0.5, 0.6) is 0 Å². The fraction of sp³-hybridized carbons (Fsp3) is 0.111. The van der Waals surface area contributed by atoms with Gasteiger partial charge in [-0.2, -0.15) is 29.9 Å². The number of hydrogen-bond acceptors (Lipinski definition) is 20. The van der Waals surface area contributed by atoms with Gasteiger partial charge in [0.05, 0.1) is 23.0 Å². The molecule has 0 aliphatic heterocycles. The summed E-state index contributed by atoms with van der Waals surface area (Å²) in [5, 5.41) is 35.9. The van der Waals surface area contributed by atoms with E-state index in [1.807, 2.05) is 12.1 Å². The first-order valence-electron chi connectivity index (χ1n) is 17.1. The van der Waals surface area contributed by atoms with Gasteiger partial charge < -0.3 is 51.2 Å². The lowest BCUT2D eigenvalue weighted by atomic mass is 10.1. The van der Waals surface area contributed by atoms with Gasteiger partial charge in [0.1, 0.15) is 20.2 Å². The second kappa shape index (κ2) is 18.4. The fourth-order valence-electron chi connectivity index (χ4n) is 5.14. The Hall–Kier alpha value is -6.82. The van der Waals surface area contributed by atoms with E-state index in [1.54, 1.807) is 48.5 Å². The number of hydrogen-bond donors (Lipinski definition) is 8. The summed E-state index contributed by atoms with van der Waals surface area (Å²) >= 11 is 0. The molecule has 0 amide bonds. The fourth-order valence-corrected chi connectivity index (χ4v) is 6.53. The first kappa shape index (κ1) is 40.8. The normalized spacial score (nSPS) is 11.6. The summed E-state index contributed by atoms with van der Waals surface area (Å²) in [4.78, 5) is 24.3. The maximum absolute atomic E-state index is 12.5. The quantitative estimate of drug-likeness (QED) is 0.0451. The highest BCUT2D eigenvalue weighted by Crippen LogP contribution is 2.29. The molecule has 0 radical (unpaired) electrons. The van der Waals surface area contributed by atoms with Gasteiger partial charge in [0.2, 0.25) is 35.7 Å².